The fourth-order valence-electron chi connectivity index (χ4n) is 5.27. The van der Waals surface area contributed by atoms with E-state index in [2.05, 4.69) is 10.3 Å². The third-order valence-corrected chi connectivity index (χ3v) is 8.79. The molecule has 0 fully saturated rings. The topological polar surface area (TPSA) is 117 Å². The number of rotatable bonds is 6. The maximum atomic E-state index is 14.5. The molecule has 0 radical (unpaired) electrons. The molecule has 1 amide bonds. The number of benzene rings is 3. The molecule has 44 heavy (non-hydrogen) atoms. The summed E-state index contributed by atoms with van der Waals surface area (Å²) in [6, 6.07) is 16.3. The second kappa shape index (κ2) is 10.5. The molecule has 6 aromatic rings. The summed E-state index contributed by atoms with van der Waals surface area (Å²) in [4.78, 5) is 29.6. The van der Waals surface area contributed by atoms with E-state index >= 15 is 0 Å². The summed E-state index contributed by atoms with van der Waals surface area (Å²) >= 11 is 0. The summed E-state index contributed by atoms with van der Waals surface area (Å²) in [5, 5.41) is 3.29. The molecule has 0 saturated heterocycles. The van der Waals surface area contributed by atoms with Crippen molar-refractivity contribution < 1.29 is 26.4 Å². The number of nitrogens with zero attached hydrogens (tertiary/aromatic N) is 2. The number of aromatic amines is 1. The Bertz CT molecular complexity index is 2290. The zero-order chi connectivity index (χ0) is 31.5. The highest BCUT2D eigenvalue weighted by molar-refractivity contribution is 7.92. The van der Waals surface area contributed by atoms with Crippen LogP contribution in [0.2, 0.25) is 0 Å². The number of aryl methyl sites for hydroxylation is 1. The van der Waals surface area contributed by atoms with Crippen molar-refractivity contribution in [3.63, 3.8) is 0 Å². The highest BCUT2D eigenvalue weighted by atomic mass is 32.2. The van der Waals surface area contributed by atoms with Gasteiger partial charge in [-0.3, -0.25) is 13.9 Å². The van der Waals surface area contributed by atoms with E-state index in [4.69, 9.17) is 4.42 Å². The van der Waals surface area contributed by atoms with Crippen molar-refractivity contribution in [3.8, 4) is 33.7 Å². The van der Waals surface area contributed by atoms with Gasteiger partial charge in [-0.05, 0) is 54.6 Å². The molecule has 12 heteroatoms. The summed E-state index contributed by atoms with van der Waals surface area (Å²) < 4.78 is 62.3. The van der Waals surface area contributed by atoms with Crippen LogP contribution in [-0.2, 0) is 17.1 Å². The lowest BCUT2D eigenvalue weighted by Gasteiger charge is -2.21. The number of nitrogens with one attached hydrogen (secondary N) is 2. The number of fused-ring (bicyclic) bond motifs is 2. The van der Waals surface area contributed by atoms with Crippen LogP contribution in [0.4, 0.5) is 14.5 Å². The summed E-state index contributed by atoms with van der Waals surface area (Å²) in [7, 11) is 0.613. The molecule has 0 aliphatic rings. The first-order chi connectivity index (χ1) is 20.9. The number of sulfonamides is 1. The Labute approximate surface area is 250 Å². The maximum Gasteiger partial charge on any atom is 0.259 e. The van der Waals surface area contributed by atoms with Crippen molar-refractivity contribution in [2.75, 3.05) is 24.7 Å². The number of aromatic nitrogens is 2. The number of pyridine rings is 1. The van der Waals surface area contributed by atoms with E-state index in [9.17, 15) is 26.8 Å². The molecule has 3 aromatic carbocycles. The number of hydrogen-bond donors (Lipinski definition) is 2. The number of amides is 1. The molecule has 6 rings (SSSR count). The van der Waals surface area contributed by atoms with Crippen molar-refractivity contribution in [2.24, 2.45) is 7.05 Å². The maximum absolute atomic E-state index is 14.5. The van der Waals surface area contributed by atoms with Crippen molar-refractivity contribution in [1.29, 1.82) is 0 Å². The fourth-order valence-corrected chi connectivity index (χ4v) is 5.78. The summed E-state index contributed by atoms with van der Waals surface area (Å²) in [5.41, 5.74) is 2.60. The third kappa shape index (κ3) is 4.82. The van der Waals surface area contributed by atoms with Crippen LogP contribution in [0.15, 0.2) is 82.1 Å². The minimum absolute atomic E-state index is 0.167. The van der Waals surface area contributed by atoms with Gasteiger partial charge in [-0.2, -0.15) is 0 Å². The lowest BCUT2D eigenvalue weighted by atomic mass is 9.98. The standard InChI is InChI=1S/C32H26F2N4O5S/c1-35-31(39)29-23-13-20(18-12-22(32(40)37(2)16-18)26-14-21-24(34)6-5-7-25(21)36-26)27(38(3)44(4,41)42)15-28(23)43-30(29)17-8-10-19(33)11-9-17/h5-16,36H,1-4H3,(H,35,39). The highest BCUT2D eigenvalue weighted by Crippen LogP contribution is 2.41. The van der Waals surface area contributed by atoms with Crippen molar-refractivity contribution in [1.82, 2.24) is 14.9 Å². The SMILES string of the molecule is CNC(=O)c1c(-c2ccc(F)cc2)oc2cc(N(C)S(C)(=O)=O)c(-c3cc(-c4cc5c(F)cccc5[nH]4)c(=O)n(C)c3)cc12. The lowest BCUT2D eigenvalue weighted by molar-refractivity contribution is 0.0964. The number of carbonyl (C=O) groups is 1. The number of furan rings is 1. The average Bonchev–Trinajstić information content (AvgIpc) is 3.59. The van der Waals surface area contributed by atoms with Crippen LogP contribution in [0.3, 0.4) is 0 Å². The van der Waals surface area contributed by atoms with Crippen molar-refractivity contribution >= 4 is 43.5 Å². The van der Waals surface area contributed by atoms with E-state index in [-0.39, 0.29) is 33.7 Å². The Kier molecular flexibility index (Phi) is 6.88. The predicted molar refractivity (Wildman–Crippen MR) is 166 cm³/mol. The molecule has 0 bridgehead atoms. The van der Waals surface area contributed by atoms with E-state index < -0.39 is 27.6 Å². The number of anilines is 1. The summed E-state index contributed by atoms with van der Waals surface area (Å²) in [6.07, 6.45) is 2.60. The number of hydrogen-bond acceptors (Lipinski definition) is 5. The van der Waals surface area contributed by atoms with E-state index in [1.54, 1.807) is 43.6 Å². The smallest absolute Gasteiger partial charge is 0.259 e. The zero-order valence-corrected chi connectivity index (χ0v) is 24.8. The first kappa shape index (κ1) is 28.9. The molecule has 9 nitrogen and oxygen atoms in total. The van der Waals surface area contributed by atoms with Gasteiger partial charge in [0.25, 0.3) is 11.5 Å². The zero-order valence-electron chi connectivity index (χ0n) is 24.0. The predicted octanol–water partition coefficient (Wildman–Crippen LogP) is 5.65. The third-order valence-electron chi connectivity index (χ3n) is 7.60. The molecule has 0 aliphatic heterocycles. The van der Waals surface area contributed by atoms with Crippen molar-refractivity contribution in [2.45, 2.75) is 0 Å². The van der Waals surface area contributed by atoms with Gasteiger partial charge in [0.2, 0.25) is 10.0 Å². The van der Waals surface area contributed by atoms with Crippen LogP contribution in [0.5, 0.6) is 0 Å². The molecule has 3 heterocycles. The Morgan fingerprint density at radius 3 is 2.36 bits per heavy atom. The minimum Gasteiger partial charge on any atom is -0.455 e. The van der Waals surface area contributed by atoms with Gasteiger partial charge in [-0.15, -0.1) is 0 Å². The summed E-state index contributed by atoms with van der Waals surface area (Å²) in [5.74, 6) is -1.21. The minimum atomic E-state index is -3.78. The van der Waals surface area contributed by atoms with E-state index in [1.807, 2.05) is 0 Å². The molecule has 3 aromatic heterocycles. The Morgan fingerprint density at radius 1 is 0.977 bits per heavy atom. The molecule has 0 spiro atoms. The molecule has 0 atom stereocenters. The van der Waals surface area contributed by atoms with Gasteiger partial charge >= 0.3 is 0 Å². The quantitative estimate of drug-likeness (QED) is 0.251. The molecule has 2 N–H and O–H groups in total. The van der Waals surface area contributed by atoms with Gasteiger partial charge in [0.15, 0.2) is 0 Å². The van der Waals surface area contributed by atoms with E-state index in [0.717, 1.165) is 10.6 Å². The second-order valence-corrected chi connectivity index (χ2v) is 12.4. The van der Waals surface area contributed by atoms with Crippen molar-refractivity contribution in [3.05, 3.63) is 100 Å². The lowest BCUT2D eigenvalue weighted by Crippen LogP contribution is -2.25. The van der Waals surface area contributed by atoms with E-state index in [1.165, 1.54) is 55.1 Å². The number of H-pyrrole nitrogens is 1. The molecule has 0 unspecified atom stereocenters. The molecule has 224 valence electrons. The number of carbonyl (C=O) groups excluding carboxylic acids is 1. The van der Waals surface area contributed by atoms with Crippen LogP contribution in [0.25, 0.3) is 55.6 Å². The van der Waals surface area contributed by atoms with Crippen LogP contribution in [-0.4, -0.2) is 44.2 Å². The van der Waals surface area contributed by atoms with Gasteiger partial charge in [-0.25, -0.2) is 17.2 Å². The summed E-state index contributed by atoms with van der Waals surface area (Å²) in [6.45, 7) is 0. The van der Waals surface area contributed by atoms with E-state index in [0.29, 0.717) is 38.7 Å². The Hall–Kier alpha value is -5.23. The van der Waals surface area contributed by atoms with Gasteiger partial charge in [0.1, 0.15) is 23.0 Å². The van der Waals surface area contributed by atoms with Gasteiger partial charge in [0, 0.05) is 66.4 Å². The monoisotopic (exact) mass is 616 g/mol. The van der Waals surface area contributed by atoms with Gasteiger partial charge in [-0.1, -0.05) is 6.07 Å². The Morgan fingerprint density at radius 2 is 1.70 bits per heavy atom. The molecular weight excluding hydrogens is 590 g/mol. The molecule has 0 saturated carbocycles. The fraction of sp³-hybridized carbons (Fsp3) is 0.125. The molecular formula is C32H26F2N4O5S. The first-order valence-electron chi connectivity index (χ1n) is 13.4. The normalized spacial score (nSPS) is 11.8. The van der Waals surface area contributed by atoms with Crippen LogP contribution < -0.4 is 15.2 Å². The first-order valence-corrected chi connectivity index (χ1v) is 15.2. The van der Waals surface area contributed by atoms with Gasteiger partial charge < -0.3 is 19.3 Å². The van der Waals surface area contributed by atoms with Crippen LogP contribution >= 0.6 is 0 Å². The second-order valence-electron chi connectivity index (χ2n) is 10.4. The van der Waals surface area contributed by atoms with Gasteiger partial charge in [0.05, 0.1) is 28.8 Å². The Balaban J connectivity index is 1.66. The molecule has 0 aliphatic carbocycles. The van der Waals surface area contributed by atoms with Crippen LogP contribution in [0.1, 0.15) is 10.4 Å². The van der Waals surface area contributed by atoms with Crippen LogP contribution in [0, 0.1) is 11.6 Å². The largest absolute Gasteiger partial charge is 0.455 e. The number of halogens is 2. The average molecular weight is 617 g/mol. The highest BCUT2D eigenvalue weighted by Gasteiger charge is 2.26.